The Kier molecular flexibility index (Phi) is 3.82. The van der Waals surface area contributed by atoms with E-state index in [1.165, 1.54) is 0 Å². The van der Waals surface area contributed by atoms with Gasteiger partial charge in [-0.3, -0.25) is 0 Å². The Hall–Kier alpha value is -0.900. The zero-order chi connectivity index (χ0) is 12.3. The molecule has 0 bridgehead atoms. The molecule has 1 aliphatic heterocycles. The number of ether oxygens (including phenoxy) is 2. The maximum Gasteiger partial charge on any atom is 0.184 e. The van der Waals surface area contributed by atoms with Gasteiger partial charge in [0.2, 0.25) is 0 Å². The molecular weight excluding hydrogens is 214 g/mol. The summed E-state index contributed by atoms with van der Waals surface area (Å²) in [4.78, 5) is 0. The molecule has 0 unspecified atom stereocenters. The second-order valence-electron chi connectivity index (χ2n) is 5.46. The van der Waals surface area contributed by atoms with E-state index < -0.39 is 0 Å². The molecule has 0 radical (unpaired) electrons. The minimum atomic E-state index is -0.206. The fraction of sp³-hybridized carbons (Fsp3) is 0.571. The van der Waals surface area contributed by atoms with Gasteiger partial charge in [0.1, 0.15) is 0 Å². The lowest BCUT2D eigenvalue weighted by molar-refractivity contribution is -0.0602. The largest absolute Gasteiger partial charge is 0.346 e. The van der Waals surface area contributed by atoms with Gasteiger partial charge in [0.05, 0.1) is 12.7 Å². The smallest absolute Gasteiger partial charge is 0.184 e. The highest BCUT2D eigenvalue weighted by Crippen LogP contribution is 2.26. The molecule has 0 amide bonds. The molecular formula is C14H21NO2. The molecule has 1 saturated heterocycles. The lowest BCUT2D eigenvalue weighted by Gasteiger charge is -2.22. The molecule has 1 N–H and O–H groups in total. The van der Waals surface area contributed by atoms with E-state index in [4.69, 9.17) is 9.47 Å². The van der Waals surface area contributed by atoms with E-state index in [1.54, 1.807) is 0 Å². The second-order valence-corrected chi connectivity index (χ2v) is 5.46. The molecule has 0 aromatic heterocycles. The number of rotatable bonds is 3. The van der Waals surface area contributed by atoms with Gasteiger partial charge in [-0.1, -0.05) is 30.3 Å². The Balaban J connectivity index is 1.84. The van der Waals surface area contributed by atoms with Crippen LogP contribution < -0.4 is 5.32 Å². The molecule has 3 nitrogen and oxygen atoms in total. The fourth-order valence-corrected chi connectivity index (χ4v) is 1.76. The van der Waals surface area contributed by atoms with Crippen LogP contribution >= 0.6 is 0 Å². The summed E-state index contributed by atoms with van der Waals surface area (Å²) in [6.07, 6.45) is -0.0672. The summed E-state index contributed by atoms with van der Waals surface area (Å²) in [7, 11) is 0. The molecule has 94 valence electrons. The lowest BCUT2D eigenvalue weighted by atomic mass is 10.1. The quantitative estimate of drug-likeness (QED) is 0.873. The first-order valence-corrected chi connectivity index (χ1v) is 6.12. The summed E-state index contributed by atoms with van der Waals surface area (Å²) in [6, 6.07) is 10.1. The lowest BCUT2D eigenvalue weighted by Crippen LogP contribution is -2.41. The van der Waals surface area contributed by atoms with Crippen LogP contribution in [0.2, 0.25) is 0 Å². The van der Waals surface area contributed by atoms with Crippen LogP contribution in [0.3, 0.4) is 0 Å². The van der Waals surface area contributed by atoms with Gasteiger partial charge in [-0.2, -0.15) is 0 Å². The minimum absolute atomic E-state index is 0.119. The van der Waals surface area contributed by atoms with Crippen LogP contribution in [0.1, 0.15) is 32.6 Å². The van der Waals surface area contributed by atoms with E-state index in [9.17, 15) is 0 Å². The van der Waals surface area contributed by atoms with E-state index in [1.807, 2.05) is 30.3 Å². The van der Waals surface area contributed by atoms with Crippen molar-refractivity contribution in [3.8, 4) is 0 Å². The first-order valence-electron chi connectivity index (χ1n) is 6.12. The van der Waals surface area contributed by atoms with Gasteiger partial charge in [0.15, 0.2) is 6.29 Å². The monoisotopic (exact) mass is 235 g/mol. The minimum Gasteiger partial charge on any atom is -0.346 e. The predicted molar refractivity (Wildman–Crippen MR) is 67.8 cm³/mol. The topological polar surface area (TPSA) is 30.5 Å². The molecule has 0 saturated carbocycles. The van der Waals surface area contributed by atoms with Gasteiger partial charge in [0, 0.05) is 17.6 Å². The molecule has 1 aromatic carbocycles. The molecule has 1 aliphatic rings. The van der Waals surface area contributed by atoms with Gasteiger partial charge >= 0.3 is 0 Å². The first-order chi connectivity index (χ1) is 8.04. The second kappa shape index (κ2) is 5.17. The van der Waals surface area contributed by atoms with Crippen LogP contribution in [0.4, 0.5) is 0 Å². The predicted octanol–water partition coefficient (Wildman–Crippen LogP) is 2.49. The molecule has 0 spiro atoms. The average Bonchev–Trinajstić information content (AvgIpc) is 2.75. The summed E-state index contributed by atoms with van der Waals surface area (Å²) in [6.45, 7) is 7.93. The van der Waals surface area contributed by atoms with Crippen LogP contribution in [0.15, 0.2) is 30.3 Å². The number of hydrogen-bond acceptors (Lipinski definition) is 3. The molecule has 17 heavy (non-hydrogen) atoms. The van der Waals surface area contributed by atoms with Crippen molar-refractivity contribution in [1.29, 1.82) is 0 Å². The zero-order valence-electron chi connectivity index (χ0n) is 10.8. The van der Waals surface area contributed by atoms with E-state index in [0.29, 0.717) is 6.61 Å². The van der Waals surface area contributed by atoms with Crippen molar-refractivity contribution in [1.82, 2.24) is 5.32 Å². The number of benzene rings is 1. The third-order valence-corrected chi connectivity index (χ3v) is 2.68. The summed E-state index contributed by atoms with van der Waals surface area (Å²) in [5.74, 6) is 0. The third-order valence-electron chi connectivity index (χ3n) is 2.68. The SMILES string of the molecule is CC(C)(C)NC[C@H]1CO[C@H](c2ccccc2)O1. The van der Waals surface area contributed by atoms with Crippen LogP contribution in [0.5, 0.6) is 0 Å². The van der Waals surface area contributed by atoms with E-state index >= 15 is 0 Å². The zero-order valence-corrected chi connectivity index (χ0v) is 10.8. The summed E-state index contributed by atoms with van der Waals surface area (Å²) in [5.41, 5.74) is 1.21. The molecule has 0 aliphatic carbocycles. The standard InChI is InChI=1S/C14H21NO2/c1-14(2,3)15-9-12-10-16-13(17-12)11-7-5-4-6-8-11/h4-8,12-13,15H,9-10H2,1-3H3/t12-,13-/m0/s1. The van der Waals surface area contributed by atoms with Crippen LogP contribution in [0.25, 0.3) is 0 Å². The number of hydrogen-bond donors (Lipinski definition) is 1. The summed E-state index contributed by atoms with van der Waals surface area (Å²) >= 11 is 0. The van der Waals surface area contributed by atoms with Crippen LogP contribution in [-0.2, 0) is 9.47 Å². The molecule has 1 heterocycles. The van der Waals surface area contributed by atoms with E-state index in [0.717, 1.165) is 12.1 Å². The highest BCUT2D eigenvalue weighted by Gasteiger charge is 2.27. The van der Waals surface area contributed by atoms with Crippen LogP contribution in [-0.4, -0.2) is 24.8 Å². The first kappa shape index (κ1) is 12.6. The molecule has 3 heteroatoms. The Morgan fingerprint density at radius 2 is 1.94 bits per heavy atom. The van der Waals surface area contributed by atoms with Gasteiger partial charge in [0.25, 0.3) is 0 Å². The van der Waals surface area contributed by atoms with Gasteiger partial charge < -0.3 is 14.8 Å². The van der Waals surface area contributed by atoms with Crippen molar-refractivity contribution in [2.45, 2.75) is 38.7 Å². The van der Waals surface area contributed by atoms with Crippen LogP contribution in [0, 0.1) is 0 Å². The Bertz CT molecular complexity index is 345. The van der Waals surface area contributed by atoms with Crippen molar-refractivity contribution in [2.75, 3.05) is 13.2 Å². The van der Waals surface area contributed by atoms with Crippen molar-refractivity contribution < 1.29 is 9.47 Å². The summed E-state index contributed by atoms with van der Waals surface area (Å²) in [5, 5.41) is 3.43. The Labute approximate surface area is 103 Å². The van der Waals surface area contributed by atoms with Crippen molar-refractivity contribution in [3.63, 3.8) is 0 Å². The fourth-order valence-electron chi connectivity index (χ4n) is 1.76. The van der Waals surface area contributed by atoms with E-state index in [-0.39, 0.29) is 17.9 Å². The normalized spacial score (nSPS) is 25.1. The van der Waals surface area contributed by atoms with Gasteiger partial charge in [-0.15, -0.1) is 0 Å². The van der Waals surface area contributed by atoms with Crippen molar-refractivity contribution >= 4 is 0 Å². The maximum atomic E-state index is 5.86. The Morgan fingerprint density at radius 3 is 2.59 bits per heavy atom. The third kappa shape index (κ3) is 3.80. The maximum absolute atomic E-state index is 5.86. The van der Waals surface area contributed by atoms with Gasteiger partial charge in [-0.25, -0.2) is 0 Å². The van der Waals surface area contributed by atoms with E-state index in [2.05, 4.69) is 26.1 Å². The molecule has 1 fully saturated rings. The molecule has 2 rings (SSSR count). The number of nitrogens with one attached hydrogen (secondary N) is 1. The highest BCUT2D eigenvalue weighted by atomic mass is 16.7. The Morgan fingerprint density at radius 1 is 1.24 bits per heavy atom. The van der Waals surface area contributed by atoms with Crippen molar-refractivity contribution in [2.24, 2.45) is 0 Å². The average molecular weight is 235 g/mol. The van der Waals surface area contributed by atoms with Gasteiger partial charge in [-0.05, 0) is 20.8 Å². The summed E-state index contributed by atoms with van der Waals surface area (Å²) < 4.78 is 11.5. The molecule has 1 aromatic rings. The molecule has 2 atom stereocenters. The van der Waals surface area contributed by atoms with Crippen molar-refractivity contribution in [3.05, 3.63) is 35.9 Å². The highest BCUT2D eigenvalue weighted by molar-refractivity contribution is 5.16.